The van der Waals surface area contributed by atoms with Crippen LogP contribution in [0.1, 0.15) is 28.7 Å². The molecule has 1 fully saturated rings. The summed E-state index contributed by atoms with van der Waals surface area (Å²) in [5, 5.41) is 0.575. The van der Waals surface area contributed by atoms with Gasteiger partial charge in [0.1, 0.15) is 0 Å². The van der Waals surface area contributed by atoms with Gasteiger partial charge in [-0.1, -0.05) is 66.2 Å². The highest BCUT2D eigenvalue weighted by Crippen LogP contribution is 2.30. The molecule has 1 heterocycles. The second-order valence-electron chi connectivity index (χ2n) is 8.98. The number of nitrogens with zero attached hydrogens (tertiary/aromatic N) is 2. The van der Waals surface area contributed by atoms with Crippen molar-refractivity contribution in [1.82, 2.24) is 9.80 Å². The molecule has 36 heavy (non-hydrogen) atoms. The Morgan fingerprint density at radius 2 is 1.61 bits per heavy atom. The van der Waals surface area contributed by atoms with Gasteiger partial charge in [-0.05, 0) is 53.8 Å². The lowest BCUT2D eigenvalue weighted by Gasteiger charge is -2.41. The lowest BCUT2D eigenvalue weighted by molar-refractivity contribution is -0.149. The van der Waals surface area contributed by atoms with E-state index in [1.165, 1.54) is 6.07 Å². The number of rotatable bonds is 7. The van der Waals surface area contributed by atoms with Crippen molar-refractivity contribution in [3.63, 3.8) is 0 Å². The number of halogens is 4. The quantitative estimate of drug-likeness (QED) is 0.401. The van der Waals surface area contributed by atoms with Crippen molar-refractivity contribution < 1.29 is 22.8 Å². The Kier molecular flexibility index (Phi) is 7.99. The zero-order valence-corrected chi connectivity index (χ0v) is 20.3. The number of hydrogen-bond donors (Lipinski definition) is 0. The maximum Gasteiger partial charge on any atom is 0.416 e. The first-order chi connectivity index (χ1) is 17.2. The van der Waals surface area contributed by atoms with Crippen molar-refractivity contribution in [3.8, 4) is 0 Å². The molecule has 1 saturated heterocycles. The fraction of sp³-hybridized carbons (Fsp3) is 0.286. The molecule has 188 valence electrons. The van der Waals surface area contributed by atoms with Gasteiger partial charge in [0.05, 0.1) is 24.6 Å². The van der Waals surface area contributed by atoms with Crippen LogP contribution in [0.4, 0.5) is 13.2 Å². The zero-order chi connectivity index (χ0) is 25.7. The van der Waals surface area contributed by atoms with Gasteiger partial charge in [-0.25, -0.2) is 0 Å². The molecular formula is C28H26ClF3N2O2. The average molecular weight is 515 g/mol. The molecule has 0 radical (unpaired) electrons. The van der Waals surface area contributed by atoms with Crippen molar-refractivity contribution in [3.05, 3.63) is 106 Å². The summed E-state index contributed by atoms with van der Waals surface area (Å²) in [5.74, 6) is -0.449. The molecule has 1 atom stereocenters. The highest BCUT2D eigenvalue weighted by atomic mass is 35.5. The van der Waals surface area contributed by atoms with E-state index in [9.17, 15) is 22.8 Å². The fourth-order valence-corrected chi connectivity index (χ4v) is 4.56. The van der Waals surface area contributed by atoms with Gasteiger partial charge < -0.3 is 9.80 Å². The summed E-state index contributed by atoms with van der Waals surface area (Å²) in [5.41, 5.74) is 1.55. The standard InChI is InChI=1S/C28H26ClF3N2O2/c29-24-12-9-21(10-13-24)16-26(35)33-18-25(14-11-20-5-2-1-3-6-20)34(27(36)19-33)17-22-7-4-8-23(15-22)28(30,31)32/h1-10,12-13,15,25H,11,14,16-19H2/t25-/m0/s1. The number of piperazine rings is 1. The van der Waals surface area contributed by atoms with E-state index in [4.69, 9.17) is 11.6 Å². The Morgan fingerprint density at radius 3 is 2.31 bits per heavy atom. The summed E-state index contributed by atoms with van der Waals surface area (Å²) in [4.78, 5) is 29.4. The third-order valence-corrected chi connectivity index (χ3v) is 6.61. The number of amides is 2. The van der Waals surface area contributed by atoms with Crippen molar-refractivity contribution in [2.75, 3.05) is 13.1 Å². The Labute approximate surface area is 213 Å². The van der Waals surface area contributed by atoms with Crippen molar-refractivity contribution in [2.24, 2.45) is 0 Å². The average Bonchev–Trinajstić information content (AvgIpc) is 2.86. The van der Waals surface area contributed by atoms with Crippen LogP contribution in [0.15, 0.2) is 78.9 Å². The topological polar surface area (TPSA) is 40.6 Å². The summed E-state index contributed by atoms with van der Waals surface area (Å²) in [6.07, 6.45) is -3.06. The highest BCUT2D eigenvalue weighted by Gasteiger charge is 2.35. The van der Waals surface area contributed by atoms with Crippen LogP contribution in [-0.2, 0) is 35.2 Å². The van der Waals surface area contributed by atoms with Gasteiger partial charge in [-0.3, -0.25) is 9.59 Å². The molecule has 4 nitrogen and oxygen atoms in total. The third-order valence-electron chi connectivity index (χ3n) is 6.36. The molecular weight excluding hydrogens is 489 g/mol. The molecule has 0 saturated carbocycles. The van der Waals surface area contributed by atoms with Gasteiger partial charge in [-0.15, -0.1) is 0 Å². The summed E-state index contributed by atoms with van der Waals surface area (Å²) < 4.78 is 39.7. The van der Waals surface area contributed by atoms with Gasteiger partial charge in [0.25, 0.3) is 0 Å². The molecule has 1 aliphatic heterocycles. The molecule has 3 aromatic carbocycles. The van der Waals surface area contributed by atoms with E-state index in [0.29, 0.717) is 30.0 Å². The van der Waals surface area contributed by atoms with Crippen molar-refractivity contribution in [2.45, 2.75) is 38.0 Å². The first-order valence-electron chi connectivity index (χ1n) is 11.7. The highest BCUT2D eigenvalue weighted by molar-refractivity contribution is 6.30. The smallest absolute Gasteiger partial charge is 0.332 e. The first kappa shape index (κ1) is 25.8. The molecule has 2 amide bonds. The van der Waals surface area contributed by atoms with Crippen LogP contribution < -0.4 is 0 Å². The van der Waals surface area contributed by atoms with E-state index in [-0.39, 0.29) is 37.4 Å². The van der Waals surface area contributed by atoms with Crippen molar-refractivity contribution >= 4 is 23.4 Å². The summed E-state index contributed by atoms with van der Waals surface area (Å²) in [7, 11) is 0. The Balaban J connectivity index is 1.52. The zero-order valence-electron chi connectivity index (χ0n) is 19.5. The van der Waals surface area contributed by atoms with Gasteiger partial charge in [0.15, 0.2) is 0 Å². The second-order valence-corrected chi connectivity index (χ2v) is 9.41. The van der Waals surface area contributed by atoms with Gasteiger partial charge in [0.2, 0.25) is 11.8 Å². The summed E-state index contributed by atoms with van der Waals surface area (Å²) in [6.45, 7) is 0.276. The number of carbonyl (C=O) groups is 2. The van der Waals surface area contributed by atoms with E-state index in [1.54, 1.807) is 40.1 Å². The Bertz CT molecular complexity index is 1200. The van der Waals surface area contributed by atoms with Crippen LogP contribution in [0.2, 0.25) is 5.02 Å². The van der Waals surface area contributed by atoms with E-state index >= 15 is 0 Å². The summed E-state index contributed by atoms with van der Waals surface area (Å²) in [6, 6.07) is 21.5. The third kappa shape index (κ3) is 6.66. The van der Waals surface area contributed by atoms with Gasteiger partial charge in [-0.2, -0.15) is 13.2 Å². The predicted molar refractivity (Wildman–Crippen MR) is 132 cm³/mol. The van der Waals surface area contributed by atoms with Gasteiger partial charge >= 0.3 is 6.18 Å². The van der Waals surface area contributed by atoms with Gasteiger partial charge in [0, 0.05) is 18.1 Å². The molecule has 0 N–H and O–H groups in total. The van der Waals surface area contributed by atoms with Crippen LogP contribution in [-0.4, -0.2) is 40.7 Å². The normalized spacial score (nSPS) is 16.3. The Hall–Kier alpha value is -3.32. The van der Waals surface area contributed by atoms with Crippen LogP contribution in [0, 0.1) is 0 Å². The Morgan fingerprint density at radius 1 is 0.917 bits per heavy atom. The molecule has 4 rings (SSSR count). The van der Waals surface area contributed by atoms with Crippen LogP contribution in [0.3, 0.4) is 0 Å². The maximum absolute atomic E-state index is 13.2. The maximum atomic E-state index is 13.2. The molecule has 0 aliphatic carbocycles. The molecule has 0 spiro atoms. The molecule has 0 unspecified atom stereocenters. The molecule has 0 bridgehead atoms. The van der Waals surface area contributed by atoms with E-state index in [2.05, 4.69) is 0 Å². The molecule has 8 heteroatoms. The summed E-state index contributed by atoms with van der Waals surface area (Å²) >= 11 is 5.93. The van der Waals surface area contributed by atoms with E-state index in [1.807, 2.05) is 30.3 Å². The molecule has 1 aliphatic rings. The number of carbonyl (C=O) groups excluding carboxylic acids is 2. The minimum Gasteiger partial charge on any atom is -0.332 e. The van der Waals surface area contributed by atoms with Crippen molar-refractivity contribution in [1.29, 1.82) is 0 Å². The largest absolute Gasteiger partial charge is 0.416 e. The first-order valence-corrected chi connectivity index (χ1v) is 12.1. The van der Waals surface area contributed by atoms with Crippen LogP contribution >= 0.6 is 11.6 Å². The number of aryl methyl sites for hydroxylation is 1. The number of benzene rings is 3. The lowest BCUT2D eigenvalue weighted by Crippen LogP contribution is -2.57. The van der Waals surface area contributed by atoms with E-state index in [0.717, 1.165) is 23.3 Å². The predicted octanol–water partition coefficient (Wildman–Crippen LogP) is 5.77. The minimum absolute atomic E-state index is 0.0570. The fourth-order valence-electron chi connectivity index (χ4n) is 4.44. The monoisotopic (exact) mass is 514 g/mol. The SMILES string of the molecule is O=C(Cc1ccc(Cl)cc1)N1CC(=O)N(Cc2cccc(C(F)(F)F)c2)[C@@H](CCc2ccccc2)C1. The molecule has 0 aromatic heterocycles. The number of hydrogen-bond acceptors (Lipinski definition) is 2. The second kappa shape index (κ2) is 11.2. The van der Waals surface area contributed by atoms with E-state index < -0.39 is 11.7 Å². The van der Waals surface area contributed by atoms with Crippen LogP contribution in [0.5, 0.6) is 0 Å². The molecule has 3 aromatic rings. The van der Waals surface area contributed by atoms with Crippen LogP contribution in [0.25, 0.3) is 0 Å². The number of alkyl halides is 3. The minimum atomic E-state index is -4.46. The lowest BCUT2D eigenvalue weighted by atomic mass is 10.00.